The van der Waals surface area contributed by atoms with Crippen molar-refractivity contribution in [3.63, 3.8) is 0 Å². The lowest BCUT2D eigenvalue weighted by atomic mass is 9.70. The molecule has 0 aliphatic carbocycles. The summed E-state index contributed by atoms with van der Waals surface area (Å²) < 4.78 is 0. The van der Waals surface area contributed by atoms with Crippen molar-refractivity contribution in [2.24, 2.45) is 23.7 Å². The molecule has 2 heteroatoms. The third-order valence-corrected chi connectivity index (χ3v) is 11.2. The van der Waals surface area contributed by atoms with E-state index in [0.717, 1.165) is 23.7 Å². The lowest BCUT2D eigenvalue weighted by molar-refractivity contribution is 0.0846. The van der Waals surface area contributed by atoms with Crippen LogP contribution in [0.25, 0.3) is 0 Å². The molecule has 1 saturated heterocycles. The van der Waals surface area contributed by atoms with Gasteiger partial charge in [0.2, 0.25) is 0 Å². The van der Waals surface area contributed by atoms with Gasteiger partial charge in [0.25, 0.3) is 0 Å². The van der Waals surface area contributed by atoms with Crippen molar-refractivity contribution in [1.29, 1.82) is 0 Å². The van der Waals surface area contributed by atoms with E-state index in [1.165, 1.54) is 141 Å². The van der Waals surface area contributed by atoms with Gasteiger partial charge >= 0.3 is 0 Å². The Morgan fingerprint density at radius 3 is 1.25 bits per heavy atom. The van der Waals surface area contributed by atoms with Gasteiger partial charge in [-0.2, -0.15) is 0 Å². The zero-order chi connectivity index (χ0) is 36.1. The number of unbranched alkanes of at least 4 members (excludes halogenated alkanes) is 4. The molecule has 2 N–H and O–H groups in total. The normalized spacial score (nSPS) is 20.3. The molecular weight excluding hydrogens is 581 g/mol. The molecule has 2 aliphatic heterocycles. The Balaban J connectivity index is 0.000000480. The molecule has 1 fully saturated rings. The zero-order valence-electron chi connectivity index (χ0n) is 35.2. The van der Waals surface area contributed by atoms with Gasteiger partial charge in [0.15, 0.2) is 0 Å². The Morgan fingerprint density at radius 2 is 0.875 bits per heavy atom. The molecule has 2 aliphatic rings. The van der Waals surface area contributed by atoms with Crippen LogP contribution in [0.5, 0.6) is 0 Å². The van der Waals surface area contributed by atoms with Gasteiger partial charge in [-0.25, -0.2) is 0 Å². The number of nitrogens with one attached hydrogen (secondary N) is 2. The predicted molar refractivity (Wildman–Crippen MR) is 219 cm³/mol. The highest BCUT2D eigenvalue weighted by Gasteiger charge is 2.42. The number of allylic oxidation sites excluding steroid dienone is 2. The fourth-order valence-corrected chi connectivity index (χ4v) is 9.81. The van der Waals surface area contributed by atoms with Crippen LogP contribution in [0.15, 0.2) is 24.3 Å². The number of hydrogen-bond acceptors (Lipinski definition) is 2. The molecule has 0 radical (unpaired) electrons. The maximum Gasteiger partial charge on any atom is 0.0372 e. The summed E-state index contributed by atoms with van der Waals surface area (Å²) in [5, 5.41) is 8.69. The third-order valence-electron chi connectivity index (χ3n) is 11.2. The van der Waals surface area contributed by atoms with E-state index >= 15 is 0 Å². The van der Waals surface area contributed by atoms with E-state index in [0.29, 0.717) is 16.6 Å². The van der Waals surface area contributed by atoms with Gasteiger partial charge in [-0.15, -0.1) is 0 Å². The Bertz CT molecular complexity index is 778. The van der Waals surface area contributed by atoms with Crippen LogP contribution in [0, 0.1) is 23.7 Å². The summed E-state index contributed by atoms with van der Waals surface area (Å²) in [6.45, 7) is 28.6. The van der Waals surface area contributed by atoms with E-state index in [2.05, 4.69) is 118 Å². The third kappa shape index (κ3) is 17.6. The smallest absolute Gasteiger partial charge is 0.0372 e. The van der Waals surface area contributed by atoms with Gasteiger partial charge in [-0.1, -0.05) is 178 Å². The van der Waals surface area contributed by atoms with Crippen molar-refractivity contribution in [3.05, 3.63) is 24.3 Å². The molecule has 2 nitrogen and oxygen atoms in total. The van der Waals surface area contributed by atoms with Crippen molar-refractivity contribution in [2.45, 2.75) is 246 Å². The van der Waals surface area contributed by atoms with Crippen LogP contribution in [-0.4, -0.2) is 22.2 Å². The molecule has 2 rings (SSSR count). The van der Waals surface area contributed by atoms with E-state index in [1.54, 1.807) is 0 Å². The Labute approximate surface area is 304 Å². The first kappa shape index (κ1) is 45.4. The fraction of sp³-hybridized carbons (Fsp3) is 0.913. The van der Waals surface area contributed by atoms with Crippen molar-refractivity contribution in [2.75, 3.05) is 0 Å². The monoisotopic (exact) mass is 671 g/mol. The second kappa shape index (κ2) is 23.8. The predicted octanol–water partition coefficient (Wildman–Crippen LogP) is 14.5. The first-order chi connectivity index (χ1) is 22.7. The maximum absolute atomic E-state index is 4.41. The molecule has 284 valence electrons. The van der Waals surface area contributed by atoms with Gasteiger partial charge < -0.3 is 10.6 Å². The molecule has 0 unspecified atom stereocenters. The number of hydrogen-bond donors (Lipinski definition) is 2. The van der Waals surface area contributed by atoms with Crippen molar-refractivity contribution in [1.82, 2.24) is 10.6 Å². The summed E-state index contributed by atoms with van der Waals surface area (Å²) in [5.74, 6) is 3.08. The van der Waals surface area contributed by atoms with Gasteiger partial charge in [0.05, 0.1) is 0 Å². The number of rotatable bonds is 20. The lowest BCUT2D eigenvalue weighted by Gasteiger charge is -2.50. The summed E-state index contributed by atoms with van der Waals surface area (Å²) in [6.07, 6.45) is 38.8. The summed E-state index contributed by atoms with van der Waals surface area (Å²) in [6, 6.07) is 0. The second-order valence-corrected chi connectivity index (χ2v) is 18.6. The van der Waals surface area contributed by atoms with Crippen LogP contribution < -0.4 is 10.6 Å². The van der Waals surface area contributed by atoms with Crippen molar-refractivity contribution >= 4 is 0 Å². The topological polar surface area (TPSA) is 24.1 Å². The molecule has 0 bridgehead atoms. The second-order valence-electron chi connectivity index (χ2n) is 18.6. The van der Waals surface area contributed by atoms with Crippen LogP contribution in [0.3, 0.4) is 0 Å². The zero-order valence-corrected chi connectivity index (χ0v) is 35.2. The van der Waals surface area contributed by atoms with E-state index in [4.69, 9.17) is 0 Å². The Morgan fingerprint density at radius 1 is 0.479 bits per heavy atom. The van der Waals surface area contributed by atoms with E-state index in [1.807, 2.05) is 0 Å². The molecule has 0 spiro atoms. The molecule has 0 atom stereocenters. The fourth-order valence-electron chi connectivity index (χ4n) is 9.81. The first-order valence-electron chi connectivity index (χ1n) is 21.7. The highest BCUT2D eigenvalue weighted by Crippen LogP contribution is 2.41. The van der Waals surface area contributed by atoms with E-state index < -0.39 is 0 Å². The standard InChI is InChI=1S/C23H47N.C23H43N/c1-18(2)14-22(15-19(3)4)12-10-9-11-13-23(24-22,16-20(5)6)17-21(7)8;1-5-9-16-22(17-10-6-2)20-14-13-15-21-23(24-22,18-11-7-3)19-12-8-4/h18-21,24H,9-17H2,1-8H3;13-15,20,24H,5-12,16-19,21H2,1-4H3. The van der Waals surface area contributed by atoms with Crippen molar-refractivity contribution < 1.29 is 0 Å². The Kier molecular flexibility index (Phi) is 22.5. The molecule has 0 aromatic carbocycles. The van der Waals surface area contributed by atoms with Crippen LogP contribution in [0.4, 0.5) is 0 Å². The maximum atomic E-state index is 4.41. The minimum absolute atomic E-state index is 0.207. The summed E-state index contributed by atoms with van der Waals surface area (Å²) in [7, 11) is 0. The van der Waals surface area contributed by atoms with Crippen molar-refractivity contribution in [3.8, 4) is 0 Å². The SMILES string of the molecule is CC(C)CC1(CC(C)C)CCCCCC(CC(C)C)(CC(C)C)N1.CCCCC1(CCCC)C=CC=CCC(CCCC)(CCCC)N1. The van der Waals surface area contributed by atoms with Crippen LogP contribution in [0.2, 0.25) is 0 Å². The van der Waals surface area contributed by atoms with Crippen LogP contribution in [0.1, 0.15) is 224 Å². The molecule has 0 aromatic rings. The summed E-state index contributed by atoms with van der Waals surface area (Å²) in [5.41, 5.74) is 1.21. The first-order valence-corrected chi connectivity index (χ1v) is 21.7. The van der Waals surface area contributed by atoms with Gasteiger partial charge in [-0.3, -0.25) is 0 Å². The highest BCUT2D eigenvalue weighted by molar-refractivity contribution is 5.19. The average molecular weight is 671 g/mol. The molecule has 0 aromatic heterocycles. The summed E-state index contributed by atoms with van der Waals surface area (Å²) >= 11 is 0. The van der Waals surface area contributed by atoms with Gasteiger partial charge in [-0.05, 0) is 94.3 Å². The molecule has 0 saturated carbocycles. The quantitative estimate of drug-likeness (QED) is 0.135. The van der Waals surface area contributed by atoms with Gasteiger partial charge in [0.1, 0.15) is 0 Å². The molecule has 0 amide bonds. The van der Waals surface area contributed by atoms with E-state index in [9.17, 15) is 0 Å². The van der Waals surface area contributed by atoms with Crippen LogP contribution in [-0.2, 0) is 0 Å². The summed E-state index contributed by atoms with van der Waals surface area (Å²) in [4.78, 5) is 0. The minimum Gasteiger partial charge on any atom is -0.306 e. The lowest BCUT2D eigenvalue weighted by Crippen LogP contribution is -2.60. The largest absolute Gasteiger partial charge is 0.306 e. The molecule has 48 heavy (non-hydrogen) atoms. The average Bonchev–Trinajstić information content (AvgIpc) is 2.97. The Hall–Kier alpha value is -0.600. The van der Waals surface area contributed by atoms with Gasteiger partial charge in [0, 0.05) is 22.2 Å². The van der Waals surface area contributed by atoms with Crippen LogP contribution >= 0.6 is 0 Å². The molecular formula is C46H90N2. The minimum atomic E-state index is 0.207. The molecule has 2 heterocycles. The highest BCUT2D eigenvalue weighted by atomic mass is 15.1. The van der Waals surface area contributed by atoms with E-state index in [-0.39, 0.29) is 5.54 Å².